The molecule has 3 rings (SSSR count). The average molecular weight is 356 g/mol. The van der Waals surface area contributed by atoms with Crippen LogP contribution in [0.25, 0.3) is 0 Å². The van der Waals surface area contributed by atoms with E-state index in [9.17, 15) is 9.59 Å². The smallest absolute Gasteiger partial charge is 0.335 e. The van der Waals surface area contributed by atoms with E-state index in [2.05, 4.69) is 10.3 Å². The second-order valence-electron chi connectivity index (χ2n) is 6.13. The van der Waals surface area contributed by atoms with Gasteiger partial charge in [0.1, 0.15) is 18.1 Å². The van der Waals surface area contributed by atoms with Crippen molar-refractivity contribution in [2.75, 3.05) is 18.5 Å². The zero-order valence-electron chi connectivity index (χ0n) is 14.4. The number of carboxylic acid groups (broad SMARTS) is 1. The summed E-state index contributed by atoms with van der Waals surface area (Å²) in [6.07, 6.45) is 3.34. The van der Waals surface area contributed by atoms with Gasteiger partial charge in [-0.3, -0.25) is 9.78 Å². The van der Waals surface area contributed by atoms with Gasteiger partial charge in [-0.05, 0) is 49.6 Å². The number of carbonyl (C=O) groups excluding carboxylic acids is 1. The highest BCUT2D eigenvalue weighted by molar-refractivity contribution is 6.04. The van der Waals surface area contributed by atoms with E-state index >= 15 is 0 Å². The van der Waals surface area contributed by atoms with Crippen molar-refractivity contribution in [2.45, 2.75) is 25.9 Å². The van der Waals surface area contributed by atoms with Crippen LogP contribution in [-0.2, 0) is 4.74 Å². The molecule has 2 aromatic rings. The highest BCUT2D eigenvalue weighted by Crippen LogP contribution is 2.27. The number of nitrogens with one attached hydrogen (secondary N) is 1. The maximum Gasteiger partial charge on any atom is 0.335 e. The van der Waals surface area contributed by atoms with Crippen molar-refractivity contribution in [1.29, 1.82) is 0 Å². The van der Waals surface area contributed by atoms with Crippen LogP contribution in [0.4, 0.5) is 5.69 Å². The highest BCUT2D eigenvalue weighted by atomic mass is 16.5. The molecule has 1 aliphatic rings. The number of hydrogen-bond acceptors (Lipinski definition) is 5. The van der Waals surface area contributed by atoms with Crippen LogP contribution in [0.1, 0.15) is 39.3 Å². The summed E-state index contributed by atoms with van der Waals surface area (Å²) in [5.74, 6) is -1.07. The average Bonchev–Trinajstić information content (AvgIpc) is 3.15. The molecule has 1 aliphatic heterocycles. The molecule has 0 bridgehead atoms. The van der Waals surface area contributed by atoms with Crippen molar-refractivity contribution in [1.82, 2.24) is 4.98 Å². The van der Waals surface area contributed by atoms with Crippen LogP contribution < -0.4 is 10.1 Å². The summed E-state index contributed by atoms with van der Waals surface area (Å²) in [6.45, 7) is 3.10. The standard InChI is InChI=1S/C19H20N2O5/c1-12-4-5-15(17(9-12)26-11-14-3-2-8-25-14)21-18(22)16-10-13(19(23)24)6-7-20-16/h4-7,9-10,14H,2-3,8,11H2,1H3,(H,21,22)(H,23,24). The molecule has 0 saturated carbocycles. The van der Waals surface area contributed by atoms with E-state index in [4.69, 9.17) is 14.6 Å². The summed E-state index contributed by atoms with van der Waals surface area (Å²) in [4.78, 5) is 27.4. The van der Waals surface area contributed by atoms with E-state index in [1.165, 1.54) is 18.3 Å². The summed E-state index contributed by atoms with van der Waals surface area (Å²) in [6, 6.07) is 8.01. The van der Waals surface area contributed by atoms with E-state index < -0.39 is 11.9 Å². The van der Waals surface area contributed by atoms with E-state index in [0.717, 1.165) is 25.0 Å². The lowest BCUT2D eigenvalue weighted by molar-refractivity contribution is 0.0681. The molecule has 1 aromatic carbocycles. The second kappa shape index (κ2) is 7.97. The van der Waals surface area contributed by atoms with Crippen LogP contribution in [0.2, 0.25) is 0 Å². The lowest BCUT2D eigenvalue weighted by Crippen LogP contribution is -2.19. The Balaban J connectivity index is 1.74. The number of amides is 1. The minimum Gasteiger partial charge on any atom is -0.489 e. The van der Waals surface area contributed by atoms with Crippen molar-refractivity contribution in [3.8, 4) is 5.75 Å². The molecule has 7 nitrogen and oxygen atoms in total. The van der Waals surface area contributed by atoms with Crippen molar-refractivity contribution in [2.24, 2.45) is 0 Å². The number of pyridine rings is 1. The number of rotatable bonds is 6. The molecule has 1 saturated heterocycles. The second-order valence-corrected chi connectivity index (χ2v) is 6.13. The van der Waals surface area contributed by atoms with Gasteiger partial charge < -0.3 is 19.9 Å². The first-order valence-electron chi connectivity index (χ1n) is 8.38. The van der Waals surface area contributed by atoms with Crippen molar-refractivity contribution in [3.63, 3.8) is 0 Å². The Kier molecular flexibility index (Phi) is 5.48. The molecule has 7 heteroatoms. The van der Waals surface area contributed by atoms with E-state index in [-0.39, 0.29) is 17.4 Å². The van der Waals surface area contributed by atoms with Crippen LogP contribution in [-0.4, -0.2) is 41.3 Å². The van der Waals surface area contributed by atoms with Gasteiger partial charge in [0.05, 0.1) is 17.4 Å². The Bertz CT molecular complexity index is 815. The Hall–Kier alpha value is -2.93. The molecule has 1 atom stereocenters. The number of carbonyl (C=O) groups is 2. The van der Waals surface area contributed by atoms with Crippen LogP contribution in [0.5, 0.6) is 5.75 Å². The van der Waals surface area contributed by atoms with Gasteiger partial charge in [0.25, 0.3) is 5.91 Å². The molecule has 136 valence electrons. The summed E-state index contributed by atoms with van der Waals surface area (Å²) in [5.41, 5.74) is 1.52. The fourth-order valence-electron chi connectivity index (χ4n) is 2.68. The first-order valence-corrected chi connectivity index (χ1v) is 8.38. The number of anilines is 1. The monoisotopic (exact) mass is 356 g/mol. The van der Waals surface area contributed by atoms with Crippen LogP contribution >= 0.6 is 0 Å². The number of aromatic carboxylic acids is 1. The lowest BCUT2D eigenvalue weighted by atomic mass is 10.2. The number of hydrogen-bond donors (Lipinski definition) is 2. The van der Waals surface area contributed by atoms with Gasteiger partial charge in [0.15, 0.2) is 0 Å². The van der Waals surface area contributed by atoms with Gasteiger partial charge in [-0.25, -0.2) is 4.79 Å². The van der Waals surface area contributed by atoms with Gasteiger partial charge in [-0.15, -0.1) is 0 Å². The Labute approximate surface area is 151 Å². The van der Waals surface area contributed by atoms with Crippen LogP contribution in [0, 0.1) is 6.92 Å². The number of carboxylic acids is 1. The Morgan fingerprint density at radius 3 is 2.92 bits per heavy atom. The molecule has 1 fully saturated rings. The molecule has 1 aromatic heterocycles. The first-order chi connectivity index (χ1) is 12.5. The quantitative estimate of drug-likeness (QED) is 0.826. The number of aryl methyl sites for hydroxylation is 1. The summed E-state index contributed by atoms with van der Waals surface area (Å²) >= 11 is 0. The molecular formula is C19H20N2O5. The Morgan fingerprint density at radius 2 is 2.19 bits per heavy atom. The van der Waals surface area contributed by atoms with Gasteiger partial charge in [0, 0.05) is 12.8 Å². The summed E-state index contributed by atoms with van der Waals surface area (Å²) in [5, 5.41) is 11.8. The first kappa shape index (κ1) is 17.9. The van der Waals surface area contributed by atoms with E-state index in [1.54, 1.807) is 6.07 Å². The number of benzene rings is 1. The van der Waals surface area contributed by atoms with Gasteiger partial charge in [-0.2, -0.15) is 0 Å². The fraction of sp³-hybridized carbons (Fsp3) is 0.316. The molecule has 1 amide bonds. The topological polar surface area (TPSA) is 97.8 Å². The normalized spacial score (nSPS) is 16.3. The molecule has 1 unspecified atom stereocenters. The molecule has 2 heterocycles. The molecule has 2 N–H and O–H groups in total. The minimum atomic E-state index is -1.11. The van der Waals surface area contributed by atoms with E-state index in [1.807, 2.05) is 19.1 Å². The predicted octanol–water partition coefficient (Wildman–Crippen LogP) is 2.90. The fourth-order valence-corrected chi connectivity index (χ4v) is 2.68. The minimum absolute atomic E-state index is 0.00362. The van der Waals surface area contributed by atoms with Gasteiger partial charge in [-0.1, -0.05) is 6.07 Å². The molecule has 0 radical (unpaired) electrons. The van der Waals surface area contributed by atoms with Crippen LogP contribution in [0.3, 0.4) is 0 Å². The maximum absolute atomic E-state index is 12.4. The third kappa shape index (κ3) is 4.37. The predicted molar refractivity (Wildman–Crippen MR) is 94.8 cm³/mol. The molecular weight excluding hydrogens is 336 g/mol. The lowest BCUT2D eigenvalue weighted by Gasteiger charge is -2.16. The number of nitrogens with zero attached hydrogens (tertiary/aromatic N) is 1. The molecule has 0 aliphatic carbocycles. The van der Waals surface area contributed by atoms with Crippen molar-refractivity contribution in [3.05, 3.63) is 53.3 Å². The Morgan fingerprint density at radius 1 is 1.35 bits per heavy atom. The highest BCUT2D eigenvalue weighted by Gasteiger charge is 2.18. The van der Waals surface area contributed by atoms with Crippen LogP contribution in [0.15, 0.2) is 36.5 Å². The largest absolute Gasteiger partial charge is 0.489 e. The zero-order chi connectivity index (χ0) is 18.5. The van der Waals surface area contributed by atoms with Gasteiger partial charge in [0.2, 0.25) is 0 Å². The summed E-state index contributed by atoms with van der Waals surface area (Å²) in [7, 11) is 0. The van der Waals surface area contributed by atoms with Crippen molar-refractivity contribution < 1.29 is 24.2 Å². The summed E-state index contributed by atoms with van der Waals surface area (Å²) < 4.78 is 11.4. The molecule has 26 heavy (non-hydrogen) atoms. The SMILES string of the molecule is Cc1ccc(NC(=O)c2cc(C(=O)O)ccn2)c(OCC2CCCO2)c1. The van der Waals surface area contributed by atoms with Gasteiger partial charge >= 0.3 is 5.97 Å². The van der Waals surface area contributed by atoms with Crippen molar-refractivity contribution >= 4 is 17.6 Å². The number of aromatic nitrogens is 1. The zero-order valence-corrected chi connectivity index (χ0v) is 14.4. The third-order valence-electron chi connectivity index (χ3n) is 4.07. The molecule has 0 spiro atoms. The third-order valence-corrected chi connectivity index (χ3v) is 4.07. The number of ether oxygens (including phenoxy) is 2. The maximum atomic E-state index is 12.4. The van der Waals surface area contributed by atoms with E-state index in [0.29, 0.717) is 18.0 Å².